The van der Waals surface area contributed by atoms with E-state index < -0.39 is 0 Å². The third-order valence-electron chi connectivity index (χ3n) is 2.03. The second-order valence-corrected chi connectivity index (χ2v) is 3.84. The summed E-state index contributed by atoms with van der Waals surface area (Å²) >= 11 is 5.04. The van der Waals surface area contributed by atoms with Gasteiger partial charge in [0.15, 0.2) is 5.11 Å². The topological polar surface area (TPSA) is 36.1 Å². The second kappa shape index (κ2) is 5.56. The highest BCUT2D eigenvalue weighted by Crippen LogP contribution is 2.14. The van der Waals surface area contributed by atoms with Crippen LogP contribution in [0.15, 0.2) is 18.2 Å². The quantitative estimate of drug-likeness (QED) is 0.542. The van der Waals surface area contributed by atoms with Crippen LogP contribution in [0.4, 0.5) is 5.69 Å². The van der Waals surface area contributed by atoms with Crippen LogP contribution < -0.4 is 16.2 Å². The van der Waals surface area contributed by atoms with Gasteiger partial charge in [0.2, 0.25) is 0 Å². The molecule has 0 aliphatic heterocycles. The smallest absolute Gasteiger partial charge is 0.185 e. The van der Waals surface area contributed by atoms with Crippen LogP contribution in [0.25, 0.3) is 0 Å². The maximum atomic E-state index is 5.04. The molecule has 0 fully saturated rings. The van der Waals surface area contributed by atoms with Gasteiger partial charge in [-0.1, -0.05) is 17.7 Å². The Hall–Kier alpha value is -1.29. The van der Waals surface area contributed by atoms with E-state index in [0.29, 0.717) is 5.11 Å². The van der Waals surface area contributed by atoms with E-state index in [0.717, 1.165) is 12.2 Å². The molecular formula is C11H17N3S. The van der Waals surface area contributed by atoms with Gasteiger partial charge in [-0.3, -0.25) is 10.9 Å². The first-order valence-corrected chi connectivity index (χ1v) is 5.41. The fourth-order valence-electron chi connectivity index (χ4n) is 1.28. The number of hydrazine groups is 1. The first kappa shape index (κ1) is 11.8. The molecule has 0 saturated carbocycles. The number of anilines is 1. The van der Waals surface area contributed by atoms with Gasteiger partial charge in [-0.2, -0.15) is 0 Å². The maximum Gasteiger partial charge on any atom is 0.185 e. The average molecular weight is 223 g/mol. The van der Waals surface area contributed by atoms with Gasteiger partial charge in [0.1, 0.15) is 0 Å². The van der Waals surface area contributed by atoms with Crippen LogP contribution in [0.5, 0.6) is 0 Å². The van der Waals surface area contributed by atoms with E-state index in [1.165, 1.54) is 11.1 Å². The van der Waals surface area contributed by atoms with Crippen molar-refractivity contribution in [1.29, 1.82) is 0 Å². The van der Waals surface area contributed by atoms with E-state index in [2.05, 4.69) is 42.1 Å². The molecule has 3 nitrogen and oxygen atoms in total. The van der Waals surface area contributed by atoms with Crippen molar-refractivity contribution in [3.63, 3.8) is 0 Å². The molecule has 1 rings (SSSR count). The Bertz CT molecular complexity index is 350. The van der Waals surface area contributed by atoms with Crippen molar-refractivity contribution in [1.82, 2.24) is 10.7 Å². The SMILES string of the molecule is CCNC(=S)NNc1ccc(C)cc1C. The Balaban J connectivity index is 2.54. The first-order valence-electron chi connectivity index (χ1n) is 5.00. The Morgan fingerprint density at radius 3 is 2.67 bits per heavy atom. The minimum absolute atomic E-state index is 0.609. The summed E-state index contributed by atoms with van der Waals surface area (Å²) in [5.41, 5.74) is 9.50. The lowest BCUT2D eigenvalue weighted by molar-refractivity contribution is 0.927. The predicted molar refractivity (Wildman–Crippen MR) is 68.9 cm³/mol. The third kappa shape index (κ3) is 3.75. The summed E-state index contributed by atoms with van der Waals surface area (Å²) in [6.07, 6.45) is 0. The van der Waals surface area contributed by atoms with Crippen LogP contribution >= 0.6 is 12.2 Å². The van der Waals surface area contributed by atoms with E-state index >= 15 is 0 Å². The average Bonchev–Trinajstić information content (AvgIpc) is 2.17. The molecule has 15 heavy (non-hydrogen) atoms. The van der Waals surface area contributed by atoms with Crippen molar-refractivity contribution in [2.45, 2.75) is 20.8 Å². The molecule has 0 atom stereocenters. The van der Waals surface area contributed by atoms with E-state index in [1.807, 2.05) is 13.0 Å². The van der Waals surface area contributed by atoms with Crippen molar-refractivity contribution >= 4 is 23.0 Å². The molecule has 0 radical (unpaired) electrons. The van der Waals surface area contributed by atoms with Crippen molar-refractivity contribution in [3.05, 3.63) is 29.3 Å². The number of thiocarbonyl (C=S) groups is 1. The summed E-state index contributed by atoms with van der Waals surface area (Å²) in [4.78, 5) is 0. The standard InChI is InChI=1S/C11H17N3S/c1-4-12-11(15)14-13-10-6-5-8(2)7-9(10)3/h5-7,13H,4H2,1-3H3,(H2,12,14,15). The monoisotopic (exact) mass is 223 g/mol. The van der Waals surface area contributed by atoms with E-state index in [1.54, 1.807) is 0 Å². The number of nitrogens with one attached hydrogen (secondary N) is 3. The van der Waals surface area contributed by atoms with E-state index in [-0.39, 0.29) is 0 Å². The fraction of sp³-hybridized carbons (Fsp3) is 0.364. The normalized spacial score (nSPS) is 9.53. The number of aryl methyl sites for hydroxylation is 2. The molecule has 1 aromatic carbocycles. The number of rotatable bonds is 3. The minimum atomic E-state index is 0.609. The zero-order chi connectivity index (χ0) is 11.3. The molecule has 0 heterocycles. The largest absolute Gasteiger partial charge is 0.362 e. The molecule has 0 bridgehead atoms. The highest BCUT2D eigenvalue weighted by molar-refractivity contribution is 7.80. The number of benzene rings is 1. The lowest BCUT2D eigenvalue weighted by Gasteiger charge is -2.13. The molecular weight excluding hydrogens is 206 g/mol. The van der Waals surface area contributed by atoms with Gasteiger partial charge >= 0.3 is 0 Å². The van der Waals surface area contributed by atoms with Crippen molar-refractivity contribution in [3.8, 4) is 0 Å². The van der Waals surface area contributed by atoms with Gasteiger partial charge in [-0.05, 0) is 44.6 Å². The van der Waals surface area contributed by atoms with Crippen LogP contribution in [0, 0.1) is 13.8 Å². The summed E-state index contributed by atoms with van der Waals surface area (Å²) in [7, 11) is 0. The van der Waals surface area contributed by atoms with Crippen molar-refractivity contribution in [2.75, 3.05) is 12.0 Å². The third-order valence-corrected chi connectivity index (χ3v) is 2.28. The van der Waals surface area contributed by atoms with Crippen LogP contribution in [-0.2, 0) is 0 Å². The van der Waals surface area contributed by atoms with Gasteiger partial charge in [0.05, 0.1) is 5.69 Å². The predicted octanol–water partition coefficient (Wildman–Crippen LogP) is 2.11. The molecule has 3 N–H and O–H groups in total. The second-order valence-electron chi connectivity index (χ2n) is 3.43. The molecule has 0 aliphatic rings. The maximum absolute atomic E-state index is 5.04. The summed E-state index contributed by atoms with van der Waals surface area (Å²) in [5, 5.41) is 3.61. The van der Waals surface area contributed by atoms with Gasteiger partial charge < -0.3 is 5.32 Å². The number of hydrogen-bond acceptors (Lipinski definition) is 2. The van der Waals surface area contributed by atoms with Crippen LogP contribution in [0.1, 0.15) is 18.1 Å². The summed E-state index contributed by atoms with van der Waals surface area (Å²) < 4.78 is 0. The van der Waals surface area contributed by atoms with Gasteiger partial charge in [-0.25, -0.2) is 0 Å². The fourth-order valence-corrected chi connectivity index (χ4v) is 1.48. The molecule has 0 aliphatic carbocycles. The molecule has 82 valence electrons. The van der Waals surface area contributed by atoms with Crippen LogP contribution in [-0.4, -0.2) is 11.7 Å². The zero-order valence-electron chi connectivity index (χ0n) is 9.35. The van der Waals surface area contributed by atoms with Crippen LogP contribution in [0.3, 0.4) is 0 Å². The Morgan fingerprint density at radius 2 is 2.07 bits per heavy atom. The van der Waals surface area contributed by atoms with Crippen molar-refractivity contribution < 1.29 is 0 Å². The minimum Gasteiger partial charge on any atom is -0.362 e. The summed E-state index contributed by atoms with van der Waals surface area (Å²) in [6.45, 7) is 6.96. The summed E-state index contributed by atoms with van der Waals surface area (Å²) in [5.74, 6) is 0. The van der Waals surface area contributed by atoms with Gasteiger partial charge in [0, 0.05) is 6.54 Å². The van der Waals surface area contributed by atoms with Crippen LogP contribution in [0.2, 0.25) is 0 Å². The lowest BCUT2D eigenvalue weighted by atomic mass is 10.1. The Labute approximate surface area is 96.2 Å². The number of hydrogen-bond donors (Lipinski definition) is 3. The molecule has 4 heteroatoms. The van der Waals surface area contributed by atoms with Gasteiger partial charge in [-0.15, -0.1) is 0 Å². The zero-order valence-corrected chi connectivity index (χ0v) is 10.2. The molecule has 0 unspecified atom stereocenters. The van der Waals surface area contributed by atoms with E-state index in [9.17, 15) is 0 Å². The van der Waals surface area contributed by atoms with Crippen molar-refractivity contribution in [2.24, 2.45) is 0 Å². The molecule has 0 spiro atoms. The molecule has 0 saturated heterocycles. The highest BCUT2D eigenvalue weighted by Gasteiger charge is 1.97. The highest BCUT2D eigenvalue weighted by atomic mass is 32.1. The Morgan fingerprint density at radius 1 is 1.33 bits per heavy atom. The van der Waals surface area contributed by atoms with E-state index in [4.69, 9.17) is 12.2 Å². The lowest BCUT2D eigenvalue weighted by Crippen LogP contribution is -2.38. The molecule has 0 amide bonds. The Kier molecular flexibility index (Phi) is 4.37. The molecule has 0 aromatic heterocycles. The summed E-state index contributed by atoms with van der Waals surface area (Å²) in [6, 6.07) is 6.22. The van der Waals surface area contributed by atoms with Gasteiger partial charge in [0.25, 0.3) is 0 Å². The molecule has 1 aromatic rings. The first-order chi connectivity index (χ1) is 7.13.